The van der Waals surface area contributed by atoms with E-state index in [2.05, 4.69) is 20.3 Å². The van der Waals surface area contributed by atoms with Crippen LogP contribution in [0.3, 0.4) is 0 Å². The van der Waals surface area contributed by atoms with E-state index in [1.54, 1.807) is 24.3 Å². The fourth-order valence-electron chi connectivity index (χ4n) is 2.76. The van der Waals surface area contributed by atoms with Gasteiger partial charge in [0.05, 0.1) is 6.54 Å². The number of anilines is 1. The van der Waals surface area contributed by atoms with Gasteiger partial charge in [-0.1, -0.05) is 11.2 Å². The summed E-state index contributed by atoms with van der Waals surface area (Å²) in [5.74, 6) is 1.04. The first-order chi connectivity index (χ1) is 11.6. The quantitative estimate of drug-likeness (QED) is 0.742. The van der Waals surface area contributed by atoms with Gasteiger partial charge in [0, 0.05) is 43.7 Å². The van der Waals surface area contributed by atoms with Crippen LogP contribution in [0, 0.1) is 6.92 Å². The van der Waals surface area contributed by atoms with Gasteiger partial charge in [-0.15, -0.1) is 36.2 Å². The molecule has 2 N–H and O–H groups in total. The van der Waals surface area contributed by atoms with Crippen molar-refractivity contribution in [1.29, 1.82) is 0 Å². The van der Waals surface area contributed by atoms with E-state index in [0.717, 1.165) is 31.1 Å². The minimum Gasteiger partial charge on any atom is -0.386 e. The summed E-state index contributed by atoms with van der Waals surface area (Å²) in [6.45, 7) is 6.07. The maximum Gasteiger partial charge on any atom is 0.239 e. The van der Waals surface area contributed by atoms with Gasteiger partial charge in [-0.25, -0.2) is 0 Å². The summed E-state index contributed by atoms with van der Waals surface area (Å²) in [4.78, 5) is 17.4. The Morgan fingerprint density at radius 1 is 1.35 bits per heavy atom. The van der Waals surface area contributed by atoms with E-state index in [4.69, 9.17) is 4.52 Å². The highest BCUT2D eigenvalue weighted by Gasteiger charge is 2.21. The van der Waals surface area contributed by atoms with Gasteiger partial charge in [0.15, 0.2) is 5.82 Å². The molecule has 0 saturated carbocycles. The van der Waals surface area contributed by atoms with Crippen LogP contribution in [0.25, 0.3) is 0 Å². The number of β-amino-alcohol motifs (C(OH)–C–C–N with tert-alkyl or cyclic N) is 1. The molecule has 0 aromatic carbocycles. The van der Waals surface area contributed by atoms with Crippen LogP contribution in [0.4, 0.5) is 5.82 Å². The number of nitrogens with zero attached hydrogens (tertiary/aromatic N) is 3. The number of halogens is 2. The first-order valence-corrected chi connectivity index (χ1v) is 8.87. The second-order valence-corrected chi connectivity index (χ2v) is 6.96. The summed E-state index contributed by atoms with van der Waals surface area (Å²) in [5, 5.41) is 18.7. The summed E-state index contributed by atoms with van der Waals surface area (Å²) >= 11 is 1.58. The number of carbonyl (C=O) groups excluding carboxylic acids is 1. The number of hydrogen-bond acceptors (Lipinski definition) is 7. The minimum absolute atomic E-state index is 0. The molecule has 1 amide bonds. The van der Waals surface area contributed by atoms with Crippen LogP contribution in [0.5, 0.6) is 0 Å². The number of nitrogens with one attached hydrogen (secondary N) is 1. The van der Waals surface area contributed by atoms with E-state index in [9.17, 15) is 9.90 Å². The predicted octanol–water partition coefficient (Wildman–Crippen LogP) is 2.18. The van der Waals surface area contributed by atoms with Gasteiger partial charge >= 0.3 is 0 Å². The highest BCUT2D eigenvalue weighted by atomic mass is 35.5. The number of aliphatic hydroxyl groups is 1. The molecule has 2 aromatic rings. The second-order valence-electron chi connectivity index (χ2n) is 5.98. The minimum atomic E-state index is -0.435. The van der Waals surface area contributed by atoms with Gasteiger partial charge in [0.25, 0.3) is 0 Å². The lowest BCUT2D eigenvalue weighted by atomic mass is 10.2. The highest BCUT2D eigenvalue weighted by molar-refractivity contribution is 7.10. The lowest BCUT2D eigenvalue weighted by Crippen LogP contribution is -2.49. The van der Waals surface area contributed by atoms with Crippen LogP contribution in [-0.2, 0) is 4.79 Å². The molecule has 10 heteroatoms. The molecule has 3 rings (SSSR count). The number of thiophene rings is 1. The molecule has 1 unspecified atom stereocenters. The number of rotatable bonds is 6. The third-order valence-electron chi connectivity index (χ3n) is 4.03. The van der Waals surface area contributed by atoms with Gasteiger partial charge in [-0.05, 0) is 18.4 Å². The molecule has 26 heavy (non-hydrogen) atoms. The van der Waals surface area contributed by atoms with Crippen molar-refractivity contribution in [3.63, 3.8) is 0 Å². The van der Waals surface area contributed by atoms with Crippen molar-refractivity contribution in [2.24, 2.45) is 0 Å². The predicted molar refractivity (Wildman–Crippen MR) is 107 cm³/mol. The number of amides is 1. The standard InChI is InChI=1S/C16H22N4O3S.2ClH/c1-12-9-15(18-23-12)17-16(22)11-20-6-4-19(5-7-20)10-13(21)14-3-2-8-24-14;;/h2-3,8-9,13,21H,4-7,10-11H2,1H3,(H,17,18,22);2*1H. The molecule has 0 radical (unpaired) electrons. The van der Waals surface area contributed by atoms with Crippen LogP contribution >= 0.6 is 36.2 Å². The lowest BCUT2D eigenvalue weighted by molar-refractivity contribution is -0.117. The van der Waals surface area contributed by atoms with E-state index < -0.39 is 6.10 Å². The molecule has 1 atom stereocenters. The van der Waals surface area contributed by atoms with Crippen molar-refractivity contribution in [1.82, 2.24) is 15.0 Å². The van der Waals surface area contributed by atoms with Crippen molar-refractivity contribution in [2.45, 2.75) is 13.0 Å². The molecule has 0 spiro atoms. The van der Waals surface area contributed by atoms with Crippen LogP contribution < -0.4 is 5.32 Å². The van der Waals surface area contributed by atoms with Crippen molar-refractivity contribution in [3.05, 3.63) is 34.2 Å². The zero-order valence-corrected chi connectivity index (χ0v) is 16.9. The lowest BCUT2D eigenvalue weighted by Gasteiger charge is -2.35. The summed E-state index contributed by atoms with van der Waals surface area (Å²) in [5.41, 5.74) is 0. The van der Waals surface area contributed by atoms with Crippen LogP contribution in [0.2, 0.25) is 0 Å². The monoisotopic (exact) mass is 422 g/mol. The topological polar surface area (TPSA) is 81.8 Å². The Morgan fingerprint density at radius 3 is 2.62 bits per heavy atom. The third kappa shape index (κ3) is 6.53. The van der Waals surface area contributed by atoms with Crippen molar-refractivity contribution >= 4 is 47.9 Å². The van der Waals surface area contributed by atoms with Crippen molar-refractivity contribution in [2.75, 3.05) is 44.6 Å². The molecule has 0 bridgehead atoms. The van der Waals surface area contributed by atoms with Crippen LogP contribution in [0.1, 0.15) is 16.7 Å². The number of aliphatic hydroxyl groups excluding tert-OH is 1. The maximum absolute atomic E-state index is 12.0. The smallest absolute Gasteiger partial charge is 0.239 e. The first kappa shape index (κ1) is 22.9. The average Bonchev–Trinajstić information content (AvgIpc) is 3.21. The average molecular weight is 423 g/mol. The SMILES string of the molecule is Cc1cc(NC(=O)CN2CCN(CC(O)c3cccs3)CC2)no1.Cl.Cl. The molecule has 7 nitrogen and oxygen atoms in total. The van der Waals surface area contributed by atoms with Gasteiger partial charge in [0.1, 0.15) is 11.9 Å². The van der Waals surface area contributed by atoms with Crippen LogP contribution in [0.15, 0.2) is 28.1 Å². The Hall–Kier alpha value is -1.16. The summed E-state index contributed by atoms with van der Waals surface area (Å²) in [7, 11) is 0. The number of hydrogen-bond donors (Lipinski definition) is 2. The van der Waals surface area contributed by atoms with E-state index >= 15 is 0 Å². The maximum atomic E-state index is 12.0. The third-order valence-corrected chi connectivity index (χ3v) is 5.00. The molecular weight excluding hydrogens is 399 g/mol. The van der Waals surface area contributed by atoms with Gasteiger partial charge < -0.3 is 14.9 Å². The number of aryl methyl sites for hydroxylation is 1. The van der Waals surface area contributed by atoms with Gasteiger partial charge in [-0.3, -0.25) is 14.6 Å². The fraction of sp³-hybridized carbons (Fsp3) is 0.500. The van der Waals surface area contributed by atoms with Crippen LogP contribution in [-0.4, -0.2) is 65.2 Å². The van der Waals surface area contributed by atoms with E-state index in [-0.39, 0.29) is 30.7 Å². The molecule has 1 saturated heterocycles. The molecule has 0 aliphatic carbocycles. The Labute approximate surface area is 169 Å². The normalized spacial score (nSPS) is 16.4. The Morgan fingerprint density at radius 2 is 2.04 bits per heavy atom. The number of carbonyl (C=O) groups is 1. The molecule has 3 heterocycles. The first-order valence-electron chi connectivity index (χ1n) is 7.99. The molecule has 2 aromatic heterocycles. The Kier molecular flexibility index (Phi) is 9.56. The van der Waals surface area contributed by atoms with E-state index in [1.807, 2.05) is 17.5 Å². The fourth-order valence-corrected chi connectivity index (χ4v) is 3.46. The molecule has 146 valence electrons. The molecule has 1 aliphatic rings. The molecular formula is C16H24Cl2N4O3S. The van der Waals surface area contributed by atoms with Gasteiger partial charge in [-0.2, -0.15) is 0 Å². The highest BCUT2D eigenvalue weighted by Crippen LogP contribution is 2.20. The number of piperazine rings is 1. The second kappa shape index (κ2) is 10.9. The van der Waals surface area contributed by atoms with E-state index in [0.29, 0.717) is 24.7 Å². The van der Waals surface area contributed by atoms with Gasteiger partial charge in [0.2, 0.25) is 5.91 Å². The molecule has 1 aliphatic heterocycles. The Bertz CT molecular complexity index is 660. The summed E-state index contributed by atoms with van der Waals surface area (Å²) < 4.78 is 4.93. The molecule has 1 fully saturated rings. The number of aromatic nitrogens is 1. The summed E-state index contributed by atoms with van der Waals surface area (Å²) in [6.07, 6.45) is -0.435. The zero-order valence-electron chi connectivity index (χ0n) is 14.5. The van der Waals surface area contributed by atoms with Crippen molar-refractivity contribution < 1.29 is 14.4 Å². The largest absolute Gasteiger partial charge is 0.386 e. The van der Waals surface area contributed by atoms with Crippen molar-refractivity contribution in [3.8, 4) is 0 Å². The van der Waals surface area contributed by atoms with E-state index in [1.165, 1.54) is 0 Å². The zero-order chi connectivity index (χ0) is 16.9. The Balaban J connectivity index is 0.00000169. The summed E-state index contributed by atoms with van der Waals surface area (Å²) in [6, 6.07) is 5.61.